The van der Waals surface area contributed by atoms with Crippen LogP contribution in [0.5, 0.6) is 0 Å². The van der Waals surface area contributed by atoms with Gasteiger partial charge in [-0.1, -0.05) is 11.6 Å². The Morgan fingerprint density at radius 2 is 2.31 bits per heavy atom. The summed E-state index contributed by atoms with van der Waals surface area (Å²) in [5.74, 6) is 0.668. The lowest BCUT2D eigenvalue weighted by Gasteiger charge is -2.13. The van der Waals surface area contributed by atoms with E-state index < -0.39 is 0 Å². The van der Waals surface area contributed by atoms with Crippen LogP contribution in [0.4, 0.5) is 5.82 Å². The Kier molecular flexibility index (Phi) is 3.45. The molecule has 0 aliphatic carbocycles. The van der Waals surface area contributed by atoms with Crippen molar-refractivity contribution in [2.24, 2.45) is 0 Å². The number of aliphatic hydroxyl groups excluding tert-OH is 1. The first-order chi connectivity index (χ1) is 6.15. The van der Waals surface area contributed by atoms with Crippen molar-refractivity contribution in [1.29, 1.82) is 0 Å². The van der Waals surface area contributed by atoms with Crippen LogP contribution < -0.4 is 5.32 Å². The van der Waals surface area contributed by atoms with Crippen LogP contribution in [-0.4, -0.2) is 27.7 Å². The molecule has 1 heterocycles. The molecule has 0 saturated carbocycles. The van der Waals surface area contributed by atoms with E-state index in [1.807, 2.05) is 13.8 Å². The minimum atomic E-state index is -0.0373. The first kappa shape index (κ1) is 10.2. The third-order valence-electron chi connectivity index (χ3n) is 1.68. The lowest BCUT2D eigenvalue weighted by atomic mass is 10.3. The standard InChI is InChI=1S/C8H12ClN3O/c1-5(3-13)12-8-6(2)7(9)10-4-11-8/h4-5,13H,3H2,1-2H3,(H,10,11,12). The van der Waals surface area contributed by atoms with Crippen molar-refractivity contribution in [3.8, 4) is 0 Å². The maximum Gasteiger partial charge on any atom is 0.137 e. The maximum absolute atomic E-state index is 8.82. The second kappa shape index (κ2) is 4.39. The fourth-order valence-electron chi connectivity index (χ4n) is 0.853. The highest BCUT2D eigenvalue weighted by Crippen LogP contribution is 2.18. The average Bonchev–Trinajstić information content (AvgIpc) is 2.13. The molecular weight excluding hydrogens is 190 g/mol. The van der Waals surface area contributed by atoms with E-state index in [4.69, 9.17) is 16.7 Å². The molecule has 1 unspecified atom stereocenters. The predicted molar refractivity (Wildman–Crippen MR) is 51.9 cm³/mol. The second-order valence-electron chi connectivity index (χ2n) is 2.87. The molecule has 1 aromatic rings. The zero-order valence-corrected chi connectivity index (χ0v) is 8.34. The zero-order valence-electron chi connectivity index (χ0n) is 7.58. The van der Waals surface area contributed by atoms with Crippen molar-refractivity contribution in [2.75, 3.05) is 11.9 Å². The molecule has 0 fully saturated rings. The Morgan fingerprint density at radius 1 is 1.62 bits per heavy atom. The summed E-state index contributed by atoms with van der Waals surface area (Å²) >= 11 is 5.79. The van der Waals surface area contributed by atoms with Crippen LogP contribution in [0, 0.1) is 6.92 Å². The van der Waals surface area contributed by atoms with Crippen molar-refractivity contribution < 1.29 is 5.11 Å². The Balaban J connectivity index is 2.83. The monoisotopic (exact) mass is 201 g/mol. The highest BCUT2D eigenvalue weighted by atomic mass is 35.5. The summed E-state index contributed by atoms with van der Waals surface area (Å²) in [5, 5.41) is 12.3. The normalized spacial score (nSPS) is 12.6. The smallest absolute Gasteiger partial charge is 0.137 e. The van der Waals surface area contributed by atoms with Crippen LogP contribution in [0.2, 0.25) is 5.15 Å². The van der Waals surface area contributed by atoms with Crippen LogP contribution in [0.3, 0.4) is 0 Å². The van der Waals surface area contributed by atoms with E-state index in [9.17, 15) is 0 Å². The minimum Gasteiger partial charge on any atom is -0.394 e. The van der Waals surface area contributed by atoms with Crippen LogP contribution >= 0.6 is 11.6 Å². The van der Waals surface area contributed by atoms with Crippen molar-refractivity contribution in [1.82, 2.24) is 9.97 Å². The van der Waals surface area contributed by atoms with Crippen LogP contribution in [0.15, 0.2) is 6.33 Å². The molecule has 72 valence electrons. The summed E-state index contributed by atoms with van der Waals surface area (Å²) in [7, 11) is 0. The molecule has 0 amide bonds. The summed E-state index contributed by atoms with van der Waals surface area (Å²) < 4.78 is 0. The summed E-state index contributed by atoms with van der Waals surface area (Å²) in [4.78, 5) is 7.83. The molecule has 5 heteroatoms. The third-order valence-corrected chi connectivity index (χ3v) is 2.06. The van der Waals surface area contributed by atoms with E-state index in [0.717, 1.165) is 5.56 Å². The van der Waals surface area contributed by atoms with Crippen LogP contribution in [-0.2, 0) is 0 Å². The van der Waals surface area contributed by atoms with E-state index in [-0.39, 0.29) is 12.6 Å². The Hall–Kier alpha value is -0.870. The number of halogens is 1. The molecule has 13 heavy (non-hydrogen) atoms. The molecule has 0 aliphatic rings. The summed E-state index contributed by atoms with van der Waals surface area (Å²) in [6, 6.07) is -0.0373. The van der Waals surface area contributed by atoms with Gasteiger partial charge in [0.1, 0.15) is 17.3 Å². The molecule has 0 aromatic carbocycles. The van der Waals surface area contributed by atoms with E-state index in [2.05, 4.69) is 15.3 Å². The first-order valence-electron chi connectivity index (χ1n) is 3.99. The van der Waals surface area contributed by atoms with Crippen molar-refractivity contribution >= 4 is 17.4 Å². The first-order valence-corrected chi connectivity index (χ1v) is 4.37. The fourth-order valence-corrected chi connectivity index (χ4v) is 0.986. The third kappa shape index (κ3) is 2.54. The largest absolute Gasteiger partial charge is 0.394 e. The predicted octanol–water partition coefficient (Wildman–Crippen LogP) is 1.23. The Morgan fingerprint density at radius 3 is 2.92 bits per heavy atom. The van der Waals surface area contributed by atoms with Gasteiger partial charge in [-0.05, 0) is 13.8 Å². The van der Waals surface area contributed by atoms with Gasteiger partial charge in [-0.2, -0.15) is 0 Å². The number of aliphatic hydroxyl groups is 1. The highest BCUT2D eigenvalue weighted by molar-refractivity contribution is 6.30. The molecular formula is C8H12ClN3O. The van der Waals surface area contributed by atoms with E-state index in [1.54, 1.807) is 0 Å². The molecule has 1 rings (SSSR count). The van der Waals surface area contributed by atoms with Gasteiger partial charge in [-0.15, -0.1) is 0 Å². The number of nitrogens with zero attached hydrogens (tertiary/aromatic N) is 2. The molecule has 1 atom stereocenters. The number of anilines is 1. The molecule has 2 N–H and O–H groups in total. The molecule has 0 radical (unpaired) electrons. The van der Waals surface area contributed by atoms with Gasteiger partial charge in [0.25, 0.3) is 0 Å². The minimum absolute atomic E-state index is 0.0373. The highest BCUT2D eigenvalue weighted by Gasteiger charge is 2.06. The van der Waals surface area contributed by atoms with Crippen molar-refractivity contribution in [2.45, 2.75) is 19.9 Å². The van der Waals surface area contributed by atoms with Gasteiger partial charge in [0.15, 0.2) is 0 Å². The van der Waals surface area contributed by atoms with Gasteiger partial charge < -0.3 is 10.4 Å². The summed E-state index contributed by atoms with van der Waals surface area (Å²) in [6.45, 7) is 3.74. The quantitative estimate of drug-likeness (QED) is 0.723. The lowest BCUT2D eigenvalue weighted by Crippen LogP contribution is -2.20. The molecule has 1 aromatic heterocycles. The van der Waals surface area contributed by atoms with Gasteiger partial charge in [0.05, 0.1) is 6.61 Å². The second-order valence-corrected chi connectivity index (χ2v) is 3.22. The Bertz CT molecular complexity index is 293. The number of nitrogens with one attached hydrogen (secondary N) is 1. The maximum atomic E-state index is 8.82. The molecule has 0 spiro atoms. The SMILES string of the molecule is Cc1c(Cl)ncnc1NC(C)CO. The number of hydrogen-bond acceptors (Lipinski definition) is 4. The van der Waals surface area contributed by atoms with E-state index >= 15 is 0 Å². The van der Waals surface area contributed by atoms with Gasteiger partial charge in [0, 0.05) is 11.6 Å². The van der Waals surface area contributed by atoms with E-state index in [0.29, 0.717) is 11.0 Å². The van der Waals surface area contributed by atoms with Crippen LogP contribution in [0.1, 0.15) is 12.5 Å². The van der Waals surface area contributed by atoms with Crippen molar-refractivity contribution in [3.63, 3.8) is 0 Å². The summed E-state index contributed by atoms with van der Waals surface area (Å²) in [6.07, 6.45) is 1.39. The van der Waals surface area contributed by atoms with Gasteiger partial charge in [0.2, 0.25) is 0 Å². The van der Waals surface area contributed by atoms with Crippen molar-refractivity contribution in [3.05, 3.63) is 17.0 Å². The fraction of sp³-hybridized carbons (Fsp3) is 0.500. The average molecular weight is 202 g/mol. The topological polar surface area (TPSA) is 58.0 Å². The van der Waals surface area contributed by atoms with E-state index in [1.165, 1.54) is 6.33 Å². The molecule has 4 nitrogen and oxygen atoms in total. The number of aromatic nitrogens is 2. The Labute approximate surface area is 82.0 Å². The number of rotatable bonds is 3. The molecule has 0 bridgehead atoms. The van der Waals surface area contributed by atoms with Gasteiger partial charge in [-0.3, -0.25) is 0 Å². The van der Waals surface area contributed by atoms with Gasteiger partial charge in [-0.25, -0.2) is 9.97 Å². The molecule has 0 saturated heterocycles. The van der Waals surface area contributed by atoms with Gasteiger partial charge >= 0.3 is 0 Å². The zero-order chi connectivity index (χ0) is 9.84. The number of hydrogen-bond donors (Lipinski definition) is 2. The summed E-state index contributed by atoms with van der Waals surface area (Å²) in [5.41, 5.74) is 0.796. The molecule has 0 aliphatic heterocycles. The van der Waals surface area contributed by atoms with Crippen LogP contribution in [0.25, 0.3) is 0 Å². The lowest BCUT2D eigenvalue weighted by molar-refractivity contribution is 0.281.